The highest BCUT2D eigenvalue weighted by Crippen LogP contribution is 2.52. The highest BCUT2D eigenvalue weighted by molar-refractivity contribution is 6.10. The number of nitrogens with one attached hydrogen (secondary N) is 1. The van der Waals surface area contributed by atoms with Gasteiger partial charge in [-0.1, -0.05) is 13.8 Å². The number of furan rings is 1. The molecule has 0 saturated carbocycles. The predicted octanol–water partition coefficient (Wildman–Crippen LogP) is 2.19. The lowest BCUT2D eigenvalue weighted by Crippen LogP contribution is -2.58. The largest absolute Gasteiger partial charge is 0.480 e. The molecule has 7 nitrogen and oxygen atoms in total. The first-order chi connectivity index (χ1) is 12.0. The van der Waals surface area contributed by atoms with Gasteiger partial charge in [-0.3, -0.25) is 24.6 Å². The van der Waals surface area contributed by atoms with Gasteiger partial charge in [0.15, 0.2) is 0 Å². The molecule has 4 atom stereocenters. The Labute approximate surface area is 152 Å². The molecular formula is C19H26N2O5. The molecule has 2 amide bonds. The van der Waals surface area contributed by atoms with E-state index in [-0.39, 0.29) is 18.2 Å². The predicted molar refractivity (Wildman–Crippen MR) is 93.0 cm³/mol. The second-order valence-corrected chi connectivity index (χ2v) is 8.70. The maximum Gasteiger partial charge on any atom is 0.324 e. The van der Waals surface area contributed by atoms with Crippen LogP contribution in [-0.2, 0) is 14.4 Å². The van der Waals surface area contributed by atoms with Gasteiger partial charge in [0.25, 0.3) is 0 Å². The number of likely N-dealkylation sites (tertiary alicyclic amines) is 1. The van der Waals surface area contributed by atoms with Crippen LogP contribution >= 0.6 is 0 Å². The average molecular weight is 362 g/mol. The summed E-state index contributed by atoms with van der Waals surface area (Å²) in [6.45, 7) is 9.16. The molecule has 0 bridgehead atoms. The molecule has 2 saturated heterocycles. The Bertz CT molecular complexity index is 734. The fraction of sp³-hybridized carbons (Fsp3) is 0.632. The zero-order chi connectivity index (χ0) is 19.4. The van der Waals surface area contributed by atoms with Crippen molar-refractivity contribution >= 4 is 17.8 Å². The molecular weight excluding hydrogens is 336 g/mol. The van der Waals surface area contributed by atoms with Gasteiger partial charge in [-0.25, -0.2) is 0 Å². The number of rotatable bonds is 4. The minimum atomic E-state index is -1.50. The normalized spacial score (nSPS) is 31.8. The highest BCUT2D eigenvalue weighted by Gasteiger charge is 2.69. The molecule has 1 aromatic rings. The number of carbonyl (C=O) groups is 3. The number of amides is 2. The highest BCUT2D eigenvalue weighted by atomic mass is 16.4. The van der Waals surface area contributed by atoms with Crippen LogP contribution in [0.3, 0.4) is 0 Å². The molecule has 2 fully saturated rings. The molecule has 2 N–H and O–H groups in total. The standard InChI is InChI=1S/C19H26N2O5/c1-10(2)9-19(17(24)25)13-12(14(20-19)11-7-6-8-26-11)15(22)21(16(13)23)18(3,4)5/h6-8,10,12-14,20H,9H2,1-5H3,(H,24,25). The number of fused-ring (bicyclic) bond motifs is 1. The third kappa shape index (κ3) is 2.57. The average Bonchev–Trinajstić information content (AvgIpc) is 3.15. The number of carboxylic acid groups (broad SMARTS) is 1. The van der Waals surface area contributed by atoms with Gasteiger partial charge in [-0.15, -0.1) is 0 Å². The maximum absolute atomic E-state index is 13.2. The summed E-state index contributed by atoms with van der Waals surface area (Å²) in [5.41, 5.74) is -2.21. The zero-order valence-corrected chi connectivity index (χ0v) is 15.8. The fourth-order valence-electron chi connectivity index (χ4n) is 4.49. The van der Waals surface area contributed by atoms with Crippen molar-refractivity contribution in [1.82, 2.24) is 10.2 Å². The Balaban J connectivity index is 2.16. The lowest BCUT2D eigenvalue weighted by molar-refractivity contribution is -0.154. The summed E-state index contributed by atoms with van der Waals surface area (Å²) in [6, 6.07) is 2.76. The van der Waals surface area contributed by atoms with E-state index in [1.165, 1.54) is 11.2 Å². The maximum atomic E-state index is 13.2. The molecule has 0 spiro atoms. The summed E-state index contributed by atoms with van der Waals surface area (Å²) in [6.07, 6.45) is 1.73. The van der Waals surface area contributed by atoms with Crippen molar-refractivity contribution in [1.29, 1.82) is 0 Å². The second kappa shape index (κ2) is 5.94. The van der Waals surface area contributed by atoms with Crippen LogP contribution in [0.1, 0.15) is 52.8 Å². The van der Waals surface area contributed by atoms with E-state index >= 15 is 0 Å². The van der Waals surface area contributed by atoms with Gasteiger partial charge < -0.3 is 9.52 Å². The smallest absolute Gasteiger partial charge is 0.324 e. The summed E-state index contributed by atoms with van der Waals surface area (Å²) in [7, 11) is 0. The molecule has 142 valence electrons. The number of imide groups is 1. The first-order valence-electron chi connectivity index (χ1n) is 8.93. The van der Waals surface area contributed by atoms with Crippen LogP contribution < -0.4 is 5.32 Å². The van der Waals surface area contributed by atoms with E-state index in [2.05, 4.69) is 5.32 Å². The van der Waals surface area contributed by atoms with Crippen molar-refractivity contribution in [2.24, 2.45) is 17.8 Å². The topological polar surface area (TPSA) is 99.8 Å². The zero-order valence-electron chi connectivity index (χ0n) is 15.8. The minimum absolute atomic E-state index is 0.0289. The number of aliphatic carboxylic acids is 1. The molecule has 0 aliphatic carbocycles. The van der Waals surface area contributed by atoms with Crippen LogP contribution in [0.4, 0.5) is 0 Å². The van der Waals surface area contributed by atoms with Crippen LogP contribution in [-0.4, -0.2) is 38.9 Å². The first-order valence-corrected chi connectivity index (χ1v) is 8.93. The fourth-order valence-corrected chi connectivity index (χ4v) is 4.49. The van der Waals surface area contributed by atoms with E-state index in [0.29, 0.717) is 5.76 Å². The number of nitrogens with zero attached hydrogens (tertiary/aromatic N) is 1. The summed E-state index contributed by atoms with van der Waals surface area (Å²) < 4.78 is 5.47. The van der Waals surface area contributed by atoms with E-state index in [1.54, 1.807) is 32.9 Å². The summed E-state index contributed by atoms with van der Waals surface area (Å²) in [4.78, 5) is 40.0. The number of carboxylic acids is 1. The molecule has 3 rings (SSSR count). The molecule has 0 radical (unpaired) electrons. The Morgan fingerprint density at radius 3 is 2.46 bits per heavy atom. The minimum Gasteiger partial charge on any atom is -0.480 e. The molecule has 4 unspecified atom stereocenters. The Hall–Kier alpha value is -2.15. The van der Waals surface area contributed by atoms with Gasteiger partial charge in [0.05, 0.1) is 24.1 Å². The van der Waals surface area contributed by atoms with E-state index < -0.39 is 40.8 Å². The summed E-state index contributed by atoms with van der Waals surface area (Å²) in [5.74, 6) is -3.10. The van der Waals surface area contributed by atoms with Crippen molar-refractivity contribution < 1.29 is 23.9 Å². The van der Waals surface area contributed by atoms with Gasteiger partial charge in [0, 0.05) is 5.54 Å². The van der Waals surface area contributed by atoms with E-state index in [9.17, 15) is 19.5 Å². The molecule has 7 heteroatoms. The monoisotopic (exact) mass is 362 g/mol. The quantitative estimate of drug-likeness (QED) is 0.797. The summed E-state index contributed by atoms with van der Waals surface area (Å²) >= 11 is 0. The van der Waals surface area contributed by atoms with E-state index in [1.807, 2.05) is 13.8 Å². The van der Waals surface area contributed by atoms with Crippen LogP contribution in [0.5, 0.6) is 0 Å². The molecule has 26 heavy (non-hydrogen) atoms. The first kappa shape index (κ1) is 18.6. The van der Waals surface area contributed by atoms with Gasteiger partial charge in [0.1, 0.15) is 11.3 Å². The van der Waals surface area contributed by atoms with Gasteiger partial charge in [-0.05, 0) is 45.2 Å². The van der Waals surface area contributed by atoms with Crippen LogP contribution in [0.15, 0.2) is 22.8 Å². The van der Waals surface area contributed by atoms with Crippen molar-refractivity contribution in [3.63, 3.8) is 0 Å². The summed E-state index contributed by atoms with van der Waals surface area (Å²) in [5, 5.41) is 13.2. The van der Waals surface area contributed by atoms with Crippen LogP contribution in [0, 0.1) is 17.8 Å². The van der Waals surface area contributed by atoms with E-state index in [4.69, 9.17) is 4.42 Å². The second-order valence-electron chi connectivity index (χ2n) is 8.70. The number of hydrogen-bond donors (Lipinski definition) is 2. The van der Waals surface area contributed by atoms with Gasteiger partial charge in [0.2, 0.25) is 11.8 Å². The van der Waals surface area contributed by atoms with Crippen molar-refractivity contribution in [3.05, 3.63) is 24.2 Å². The SMILES string of the molecule is CC(C)CC1(C(=O)O)NC(c2ccco2)C2C(=O)N(C(C)(C)C)C(=O)C21. The van der Waals surface area contributed by atoms with Crippen LogP contribution in [0.25, 0.3) is 0 Å². The molecule has 2 aliphatic heterocycles. The molecule has 1 aromatic heterocycles. The van der Waals surface area contributed by atoms with E-state index in [0.717, 1.165) is 0 Å². The van der Waals surface area contributed by atoms with Gasteiger partial charge >= 0.3 is 5.97 Å². The van der Waals surface area contributed by atoms with Crippen molar-refractivity contribution in [2.75, 3.05) is 0 Å². The lowest BCUT2D eigenvalue weighted by atomic mass is 9.75. The van der Waals surface area contributed by atoms with Crippen LogP contribution in [0.2, 0.25) is 0 Å². The Kier molecular flexibility index (Phi) is 4.26. The van der Waals surface area contributed by atoms with Gasteiger partial charge in [-0.2, -0.15) is 0 Å². The molecule has 3 heterocycles. The third-order valence-electron chi connectivity index (χ3n) is 5.29. The lowest BCUT2D eigenvalue weighted by Gasteiger charge is -2.35. The van der Waals surface area contributed by atoms with Crippen molar-refractivity contribution in [3.8, 4) is 0 Å². The molecule has 2 aliphatic rings. The molecule has 0 aromatic carbocycles. The Morgan fingerprint density at radius 1 is 1.35 bits per heavy atom. The number of hydrogen-bond acceptors (Lipinski definition) is 5. The number of carbonyl (C=O) groups excluding carboxylic acids is 2. The van der Waals surface area contributed by atoms with Crippen molar-refractivity contribution in [2.45, 2.75) is 58.2 Å². The Morgan fingerprint density at radius 2 is 2.00 bits per heavy atom. The third-order valence-corrected chi connectivity index (χ3v) is 5.29.